The predicted octanol–water partition coefficient (Wildman–Crippen LogP) is 5.95. The number of aromatic hydroxyl groups is 2. The molecule has 7 heteroatoms. The number of phenols is 2. The number of nitrogens with one attached hydrogen (secondary N) is 1. The van der Waals surface area contributed by atoms with E-state index in [1.165, 1.54) is 11.3 Å². The molecule has 1 unspecified atom stereocenters. The number of ketones is 1. The van der Waals surface area contributed by atoms with Crippen molar-refractivity contribution in [2.45, 2.75) is 33.0 Å². The van der Waals surface area contributed by atoms with Gasteiger partial charge in [-0.15, -0.1) is 11.3 Å². The monoisotopic (exact) mass is 491 g/mol. The van der Waals surface area contributed by atoms with Crippen LogP contribution in [0.4, 0.5) is 0 Å². The minimum absolute atomic E-state index is 0.120. The topological polar surface area (TPSA) is 88.0 Å². The molecule has 4 aromatic rings. The highest BCUT2D eigenvalue weighted by Gasteiger charge is 2.22. The molecule has 1 heterocycles. The molecule has 0 fully saturated rings. The molecule has 0 saturated heterocycles. The molecule has 0 saturated carbocycles. The molecule has 1 aromatic heterocycles. The van der Waals surface area contributed by atoms with Crippen molar-refractivity contribution in [3.63, 3.8) is 0 Å². The summed E-state index contributed by atoms with van der Waals surface area (Å²) in [5.41, 5.74) is 1.93. The van der Waals surface area contributed by atoms with Crippen LogP contribution in [0.15, 0.2) is 66.7 Å². The van der Waals surface area contributed by atoms with Gasteiger partial charge in [0, 0.05) is 38.7 Å². The highest BCUT2D eigenvalue weighted by Crippen LogP contribution is 2.41. The summed E-state index contributed by atoms with van der Waals surface area (Å²) in [6, 6.07) is 19.1. The minimum atomic E-state index is -0.220. The number of thiophene rings is 1. The highest BCUT2D eigenvalue weighted by molar-refractivity contribution is 7.22. The number of benzene rings is 3. The predicted molar refractivity (Wildman–Crippen MR) is 140 cm³/mol. The van der Waals surface area contributed by atoms with Crippen LogP contribution in [0.5, 0.6) is 17.2 Å². The van der Waals surface area contributed by atoms with Gasteiger partial charge in [-0.3, -0.25) is 10.1 Å². The second-order valence-corrected chi connectivity index (χ2v) is 9.52. The van der Waals surface area contributed by atoms with E-state index in [0.29, 0.717) is 30.1 Å². The number of carbonyl (C=O) groups is 1. The van der Waals surface area contributed by atoms with Crippen LogP contribution in [0, 0.1) is 0 Å². The van der Waals surface area contributed by atoms with Crippen LogP contribution in [0.3, 0.4) is 0 Å². The summed E-state index contributed by atoms with van der Waals surface area (Å²) in [6.45, 7) is 6.97. The molecule has 0 radical (unpaired) electrons. The van der Waals surface area contributed by atoms with Crippen molar-refractivity contribution in [1.82, 2.24) is 5.32 Å². The van der Waals surface area contributed by atoms with Crippen molar-refractivity contribution in [1.29, 1.82) is 0 Å². The van der Waals surface area contributed by atoms with Gasteiger partial charge in [0.2, 0.25) is 0 Å². The minimum Gasteiger partial charge on any atom is -0.508 e. The lowest BCUT2D eigenvalue weighted by atomic mass is 9.97. The summed E-state index contributed by atoms with van der Waals surface area (Å²) in [6.07, 6.45) is -0.220. The number of hydrogen-bond acceptors (Lipinski definition) is 7. The average Bonchev–Trinajstić information content (AvgIpc) is 3.21. The van der Waals surface area contributed by atoms with Gasteiger partial charge in [-0.05, 0) is 93.1 Å². The van der Waals surface area contributed by atoms with Gasteiger partial charge in [0.05, 0.1) is 0 Å². The molecule has 4 rings (SSSR count). The van der Waals surface area contributed by atoms with Crippen LogP contribution in [-0.4, -0.2) is 41.5 Å². The Kier molecular flexibility index (Phi) is 7.70. The quantitative estimate of drug-likeness (QED) is 0.188. The van der Waals surface area contributed by atoms with E-state index in [1.807, 2.05) is 20.8 Å². The Labute approximate surface area is 208 Å². The first-order chi connectivity index (χ1) is 16.9. The van der Waals surface area contributed by atoms with Crippen molar-refractivity contribution >= 4 is 27.2 Å². The van der Waals surface area contributed by atoms with E-state index in [9.17, 15) is 15.0 Å². The summed E-state index contributed by atoms with van der Waals surface area (Å²) >= 11 is 1.44. The van der Waals surface area contributed by atoms with Crippen molar-refractivity contribution in [3.8, 4) is 27.7 Å². The Morgan fingerprint density at radius 3 is 2.31 bits per heavy atom. The fourth-order valence-electron chi connectivity index (χ4n) is 3.86. The number of fused-ring (bicyclic) bond motifs is 1. The van der Waals surface area contributed by atoms with E-state index in [0.717, 1.165) is 20.5 Å². The summed E-state index contributed by atoms with van der Waals surface area (Å²) < 4.78 is 12.4. The molecule has 0 amide bonds. The van der Waals surface area contributed by atoms with Crippen LogP contribution < -0.4 is 10.1 Å². The van der Waals surface area contributed by atoms with Gasteiger partial charge >= 0.3 is 0 Å². The normalized spacial score (nSPS) is 12.2. The fraction of sp³-hybridized carbons (Fsp3) is 0.250. The second kappa shape index (κ2) is 10.9. The molecule has 0 spiro atoms. The molecule has 182 valence electrons. The van der Waals surface area contributed by atoms with Gasteiger partial charge in [0.25, 0.3) is 0 Å². The highest BCUT2D eigenvalue weighted by atomic mass is 32.1. The van der Waals surface area contributed by atoms with E-state index < -0.39 is 0 Å². The van der Waals surface area contributed by atoms with Crippen LogP contribution in [0.2, 0.25) is 0 Å². The Bertz CT molecular complexity index is 1300. The van der Waals surface area contributed by atoms with Crippen molar-refractivity contribution in [3.05, 3.63) is 77.9 Å². The molecule has 1 atom stereocenters. The maximum absolute atomic E-state index is 13.7. The zero-order chi connectivity index (χ0) is 24.9. The molecule has 3 aromatic carbocycles. The van der Waals surface area contributed by atoms with E-state index in [2.05, 4.69) is 5.32 Å². The van der Waals surface area contributed by atoms with Crippen molar-refractivity contribution < 1.29 is 24.5 Å². The third-order valence-corrected chi connectivity index (χ3v) is 6.64. The smallest absolute Gasteiger partial charge is 0.195 e. The Morgan fingerprint density at radius 1 is 0.971 bits per heavy atom. The van der Waals surface area contributed by atoms with E-state index in [4.69, 9.17) is 9.47 Å². The molecule has 3 N–H and O–H groups in total. The molecule has 35 heavy (non-hydrogen) atoms. The second-order valence-electron chi connectivity index (χ2n) is 8.46. The van der Waals surface area contributed by atoms with Crippen LogP contribution >= 0.6 is 11.3 Å². The van der Waals surface area contributed by atoms with E-state index in [1.54, 1.807) is 66.7 Å². The molecule has 0 aliphatic carbocycles. The van der Waals surface area contributed by atoms with Crippen molar-refractivity contribution in [2.75, 3.05) is 13.2 Å². The zero-order valence-corrected chi connectivity index (χ0v) is 20.8. The van der Waals surface area contributed by atoms with Crippen LogP contribution in [0.1, 0.15) is 36.7 Å². The molecule has 6 nitrogen and oxygen atoms in total. The number of phenolic OH excluding ortho intramolecular Hbond substituents is 2. The molecular weight excluding hydrogens is 462 g/mol. The summed E-state index contributed by atoms with van der Waals surface area (Å²) in [5, 5.41) is 23.7. The molecule has 0 aliphatic heterocycles. The lowest BCUT2D eigenvalue weighted by Crippen LogP contribution is -2.41. The number of rotatable bonds is 10. The van der Waals surface area contributed by atoms with Gasteiger partial charge in [0.15, 0.2) is 5.78 Å². The Morgan fingerprint density at radius 2 is 1.66 bits per heavy atom. The van der Waals surface area contributed by atoms with Crippen LogP contribution in [0.25, 0.3) is 20.5 Å². The first-order valence-corrected chi connectivity index (χ1v) is 12.4. The van der Waals surface area contributed by atoms with Gasteiger partial charge in [-0.2, -0.15) is 0 Å². The standard InChI is InChI=1S/C28H29NO5S/c1-4-33-25(29-17(2)3)16-34-22-12-7-18(8-13-22)27(32)26-23-14-11-21(31)15-24(23)35-28(26)19-5-9-20(30)10-6-19/h5-15,17,25,29-31H,4,16H2,1-3H3. The number of hydrogen-bond donors (Lipinski definition) is 3. The van der Waals surface area contributed by atoms with E-state index >= 15 is 0 Å². The first kappa shape index (κ1) is 24.7. The average molecular weight is 492 g/mol. The van der Waals surface area contributed by atoms with Gasteiger partial charge in [-0.25, -0.2) is 0 Å². The Hall–Kier alpha value is -3.39. The summed E-state index contributed by atoms with van der Waals surface area (Å²) in [7, 11) is 0. The summed E-state index contributed by atoms with van der Waals surface area (Å²) in [5.74, 6) is 0.834. The fourth-order valence-corrected chi connectivity index (χ4v) is 5.10. The Balaban J connectivity index is 1.61. The number of ether oxygens (including phenoxy) is 2. The van der Waals surface area contributed by atoms with Crippen molar-refractivity contribution in [2.24, 2.45) is 0 Å². The first-order valence-electron chi connectivity index (χ1n) is 11.6. The van der Waals surface area contributed by atoms with Crippen LogP contribution in [-0.2, 0) is 4.74 Å². The maximum Gasteiger partial charge on any atom is 0.195 e. The third-order valence-electron chi connectivity index (χ3n) is 5.44. The van der Waals surface area contributed by atoms with Gasteiger partial charge in [0.1, 0.15) is 30.1 Å². The third kappa shape index (κ3) is 5.82. The zero-order valence-electron chi connectivity index (χ0n) is 19.9. The molecule has 0 bridgehead atoms. The van der Waals surface area contributed by atoms with Gasteiger partial charge < -0.3 is 19.7 Å². The SMILES string of the molecule is CCOC(COc1ccc(C(=O)c2c(-c3ccc(O)cc3)sc3cc(O)ccc23)cc1)NC(C)C. The van der Waals surface area contributed by atoms with Gasteiger partial charge in [-0.1, -0.05) is 0 Å². The van der Waals surface area contributed by atoms with E-state index in [-0.39, 0.29) is 29.6 Å². The summed E-state index contributed by atoms with van der Waals surface area (Å²) in [4.78, 5) is 14.5. The number of carbonyl (C=O) groups excluding carboxylic acids is 1. The lowest BCUT2D eigenvalue weighted by molar-refractivity contribution is 0.000596. The lowest BCUT2D eigenvalue weighted by Gasteiger charge is -2.21. The largest absolute Gasteiger partial charge is 0.508 e. The molecule has 0 aliphatic rings. The maximum atomic E-state index is 13.7. The molecular formula is C28H29NO5S.